The fourth-order valence-corrected chi connectivity index (χ4v) is 6.98. The Morgan fingerprint density at radius 1 is 0.917 bits per heavy atom. The highest BCUT2D eigenvalue weighted by molar-refractivity contribution is 7.54. The number of ether oxygens (including phenoxy) is 2. The van der Waals surface area contributed by atoms with Crippen LogP contribution in [0, 0.1) is 0 Å². The number of hydrogen-bond donors (Lipinski definition) is 2. The van der Waals surface area contributed by atoms with E-state index in [1.54, 1.807) is 54.6 Å². The van der Waals surface area contributed by atoms with Crippen molar-refractivity contribution in [3.8, 4) is 0 Å². The summed E-state index contributed by atoms with van der Waals surface area (Å²) in [4.78, 5) is 52.3. The number of amides is 2. The van der Waals surface area contributed by atoms with Crippen LogP contribution in [-0.4, -0.2) is 72.1 Å². The highest BCUT2D eigenvalue weighted by atomic mass is 31.2. The molecule has 1 aliphatic heterocycles. The number of hydrogen-bond acceptors (Lipinski definition) is 9. The van der Waals surface area contributed by atoms with E-state index in [4.69, 9.17) is 18.5 Å². The van der Waals surface area contributed by atoms with E-state index in [1.807, 2.05) is 36.4 Å². The number of carboxylic acid groups (broad SMARTS) is 1. The van der Waals surface area contributed by atoms with Crippen LogP contribution in [0.4, 0.5) is 4.79 Å². The molecule has 1 aliphatic rings. The first-order valence-electron chi connectivity index (χ1n) is 15.8. The molecule has 13 heteroatoms. The molecule has 0 bridgehead atoms. The van der Waals surface area contributed by atoms with Crippen molar-refractivity contribution in [1.29, 1.82) is 0 Å². The molecule has 0 aromatic heterocycles. The average Bonchev–Trinajstić information content (AvgIpc) is 3.61. The van der Waals surface area contributed by atoms with Crippen LogP contribution in [-0.2, 0) is 45.7 Å². The van der Waals surface area contributed by atoms with Crippen LogP contribution in [0.15, 0.2) is 91.0 Å². The predicted octanol–water partition coefficient (Wildman–Crippen LogP) is 5.81. The SMILES string of the molecule is COP(=O)(O[C@@H](CCCCNC(=O)OCc1ccccc1)C(=O)N1CCC[C@H]1C(=O)O)C(Cc1ccccc1)OC(=O)c1ccccc1. The lowest BCUT2D eigenvalue weighted by atomic mass is 10.1. The maximum atomic E-state index is 14.5. The first-order chi connectivity index (χ1) is 23.2. The summed E-state index contributed by atoms with van der Waals surface area (Å²) in [6.07, 6.45) is -0.496. The van der Waals surface area contributed by atoms with E-state index < -0.39 is 49.5 Å². The molecule has 3 aromatic carbocycles. The predicted molar refractivity (Wildman–Crippen MR) is 176 cm³/mol. The van der Waals surface area contributed by atoms with Gasteiger partial charge < -0.3 is 29.3 Å². The van der Waals surface area contributed by atoms with Crippen molar-refractivity contribution in [3.05, 3.63) is 108 Å². The number of esters is 1. The quantitative estimate of drug-likeness (QED) is 0.101. The molecule has 3 aromatic rings. The number of carboxylic acids is 1. The third-order valence-electron chi connectivity index (χ3n) is 7.86. The Morgan fingerprint density at radius 2 is 1.54 bits per heavy atom. The fraction of sp³-hybridized carbons (Fsp3) is 0.371. The van der Waals surface area contributed by atoms with Crippen LogP contribution in [0.25, 0.3) is 0 Å². The zero-order valence-electron chi connectivity index (χ0n) is 26.8. The molecule has 4 atom stereocenters. The highest BCUT2D eigenvalue weighted by Gasteiger charge is 2.45. The second kappa shape index (κ2) is 18.1. The summed E-state index contributed by atoms with van der Waals surface area (Å²) in [6.45, 7) is 0.532. The van der Waals surface area contributed by atoms with Gasteiger partial charge in [0.2, 0.25) is 5.85 Å². The molecule has 0 saturated carbocycles. The van der Waals surface area contributed by atoms with Crippen LogP contribution >= 0.6 is 7.60 Å². The van der Waals surface area contributed by atoms with E-state index in [0.717, 1.165) is 12.7 Å². The van der Waals surface area contributed by atoms with Crippen molar-refractivity contribution in [2.24, 2.45) is 0 Å². The second-order valence-corrected chi connectivity index (χ2v) is 13.5. The van der Waals surface area contributed by atoms with Gasteiger partial charge in [0, 0.05) is 26.6 Å². The van der Waals surface area contributed by atoms with Crippen LogP contribution in [0.5, 0.6) is 0 Å². The van der Waals surface area contributed by atoms with E-state index in [1.165, 1.54) is 4.90 Å². The van der Waals surface area contributed by atoms with Gasteiger partial charge in [-0.1, -0.05) is 78.9 Å². The molecule has 1 saturated heterocycles. The van der Waals surface area contributed by atoms with Crippen LogP contribution in [0.3, 0.4) is 0 Å². The smallest absolute Gasteiger partial charge is 0.407 e. The number of nitrogens with one attached hydrogen (secondary N) is 1. The van der Waals surface area contributed by atoms with Crippen molar-refractivity contribution in [3.63, 3.8) is 0 Å². The minimum atomic E-state index is -4.38. The Balaban J connectivity index is 1.48. The van der Waals surface area contributed by atoms with E-state index >= 15 is 0 Å². The lowest BCUT2D eigenvalue weighted by Crippen LogP contribution is -2.46. The second-order valence-electron chi connectivity index (χ2n) is 11.2. The minimum Gasteiger partial charge on any atom is -0.480 e. The number of rotatable bonds is 17. The van der Waals surface area contributed by atoms with Gasteiger partial charge >= 0.3 is 25.6 Å². The number of alkyl carbamates (subject to hydrolysis) is 1. The maximum Gasteiger partial charge on any atom is 0.407 e. The summed E-state index contributed by atoms with van der Waals surface area (Å²) >= 11 is 0. The molecular weight excluding hydrogens is 639 g/mol. The summed E-state index contributed by atoms with van der Waals surface area (Å²) in [5, 5.41) is 12.4. The Labute approximate surface area is 279 Å². The van der Waals surface area contributed by atoms with Gasteiger partial charge in [-0.05, 0) is 55.4 Å². The molecule has 1 fully saturated rings. The molecule has 1 heterocycles. The Kier molecular flexibility index (Phi) is 13.7. The average molecular weight is 681 g/mol. The van der Waals surface area contributed by atoms with Crippen LogP contribution in [0.2, 0.25) is 0 Å². The monoisotopic (exact) mass is 680 g/mol. The Morgan fingerprint density at radius 3 is 2.17 bits per heavy atom. The van der Waals surface area contributed by atoms with Gasteiger partial charge in [0.25, 0.3) is 5.91 Å². The van der Waals surface area contributed by atoms with Crippen molar-refractivity contribution in [1.82, 2.24) is 10.2 Å². The van der Waals surface area contributed by atoms with Crippen molar-refractivity contribution in [2.75, 3.05) is 20.2 Å². The third-order valence-corrected chi connectivity index (χ3v) is 9.91. The van der Waals surface area contributed by atoms with Gasteiger partial charge in [-0.3, -0.25) is 13.9 Å². The first kappa shape index (κ1) is 36.3. The van der Waals surface area contributed by atoms with Crippen molar-refractivity contribution >= 4 is 31.5 Å². The number of unbranched alkanes of at least 4 members (excludes halogenated alkanes) is 1. The molecule has 2 N–H and O–H groups in total. The molecule has 0 radical (unpaired) electrons. The molecule has 2 unspecified atom stereocenters. The van der Waals surface area contributed by atoms with Gasteiger partial charge in [0.1, 0.15) is 18.8 Å². The topological polar surface area (TPSA) is 158 Å². The molecule has 256 valence electrons. The molecule has 0 aliphatic carbocycles. The molecule has 4 rings (SSSR count). The van der Waals surface area contributed by atoms with E-state index in [0.29, 0.717) is 24.8 Å². The van der Waals surface area contributed by atoms with Crippen molar-refractivity contribution < 1.29 is 47.4 Å². The van der Waals surface area contributed by atoms with Gasteiger partial charge in [-0.15, -0.1) is 0 Å². The number of nitrogens with zero attached hydrogens (tertiary/aromatic N) is 1. The summed E-state index contributed by atoms with van der Waals surface area (Å²) in [5.41, 5.74) is 1.75. The van der Waals surface area contributed by atoms with Gasteiger partial charge in [0.05, 0.1) is 5.56 Å². The lowest BCUT2D eigenvalue weighted by molar-refractivity contribution is -0.151. The molecule has 0 spiro atoms. The summed E-state index contributed by atoms with van der Waals surface area (Å²) < 4.78 is 36.9. The van der Waals surface area contributed by atoms with Gasteiger partial charge in [0.15, 0.2) is 0 Å². The number of likely N-dealkylation sites (tertiary alicyclic amines) is 1. The van der Waals surface area contributed by atoms with Gasteiger partial charge in [-0.25, -0.2) is 14.4 Å². The zero-order valence-corrected chi connectivity index (χ0v) is 27.7. The number of carbonyl (C=O) groups is 4. The van der Waals surface area contributed by atoms with Crippen LogP contribution < -0.4 is 5.32 Å². The van der Waals surface area contributed by atoms with E-state index in [9.17, 15) is 28.8 Å². The summed E-state index contributed by atoms with van der Waals surface area (Å²) in [7, 11) is -3.23. The number of carbonyl (C=O) groups excluding carboxylic acids is 3. The molecular formula is C35H41N2O10P. The third kappa shape index (κ3) is 10.5. The summed E-state index contributed by atoms with van der Waals surface area (Å²) in [6, 6.07) is 25.3. The van der Waals surface area contributed by atoms with Crippen LogP contribution in [0.1, 0.15) is 53.6 Å². The summed E-state index contributed by atoms with van der Waals surface area (Å²) in [5.74, 6) is -3.98. The van der Waals surface area contributed by atoms with E-state index in [-0.39, 0.29) is 44.5 Å². The van der Waals surface area contributed by atoms with E-state index in [2.05, 4.69) is 5.32 Å². The molecule has 12 nitrogen and oxygen atoms in total. The number of benzene rings is 3. The fourth-order valence-electron chi connectivity index (χ4n) is 5.32. The Bertz CT molecular complexity index is 1540. The maximum absolute atomic E-state index is 14.5. The Hall–Kier alpha value is -4.51. The molecule has 2 amide bonds. The van der Waals surface area contributed by atoms with Gasteiger partial charge in [-0.2, -0.15) is 0 Å². The molecule has 48 heavy (non-hydrogen) atoms. The standard InChI is InChI=1S/C35H41N2O10P/c1-44-48(43,31(24-26-14-5-2-6-15-26)46-34(41)28-18-9-4-10-19-28)47-30(32(38)37-23-13-20-29(37)33(39)40)21-11-12-22-36-35(42)45-25-27-16-7-3-8-17-27/h2-10,14-19,29-31H,11-13,20-25H2,1H3,(H,36,42)(H,39,40)/t29-,30-,31?,48?/m0/s1. The zero-order chi connectivity index (χ0) is 34.4. The lowest BCUT2D eigenvalue weighted by Gasteiger charge is -2.31. The highest BCUT2D eigenvalue weighted by Crippen LogP contribution is 2.55. The minimum absolute atomic E-state index is 0.0282. The largest absolute Gasteiger partial charge is 0.480 e. The normalized spacial score (nSPS) is 16.7. The number of aliphatic carboxylic acids is 1. The van der Waals surface area contributed by atoms with Crippen molar-refractivity contribution in [2.45, 2.75) is 63.1 Å². The first-order valence-corrected chi connectivity index (χ1v) is 17.4.